The van der Waals surface area contributed by atoms with Crippen LogP contribution in [0.5, 0.6) is 0 Å². The number of carbonyl (C=O) groups excluding carboxylic acids is 1. The summed E-state index contributed by atoms with van der Waals surface area (Å²) in [5.74, 6) is -0.194. The molecule has 0 spiro atoms. The van der Waals surface area contributed by atoms with Gasteiger partial charge in [0.25, 0.3) is 0 Å². The highest BCUT2D eigenvalue weighted by molar-refractivity contribution is 7.91. The number of hydrogen-bond donors (Lipinski definition) is 0. The molecule has 5 heteroatoms. The number of ketones is 1. The van der Waals surface area contributed by atoms with E-state index in [0.717, 1.165) is 0 Å². The van der Waals surface area contributed by atoms with Crippen LogP contribution in [0, 0.1) is 0 Å². The Labute approximate surface area is 93.0 Å². The highest BCUT2D eigenvalue weighted by Crippen LogP contribution is 2.34. The fourth-order valence-corrected chi connectivity index (χ4v) is 3.93. The first-order valence-electron chi connectivity index (χ1n) is 4.48. The molecule has 0 aromatic heterocycles. The number of benzene rings is 1. The number of carbonyl (C=O) groups is 1. The van der Waals surface area contributed by atoms with Gasteiger partial charge in [0, 0.05) is 10.6 Å². The summed E-state index contributed by atoms with van der Waals surface area (Å²) in [5.41, 5.74) is 0.844. The molecular weight excluding hydrogens is 236 g/mol. The number of hydrogen-bond acceptors (Lipinski definition) is 3. The first kappa shape index (κ1) is 10.6. The molecule has 1 aromatic carbocycles. The summed E-state index contributed by atoms with van der Waals surface area (Å²) in [5, 5.41) is 0.427. The molecule has 2 rings (SSSR count). The van der Waals surface area contributed by atoms with Crippen molar-refractivity contribution in [1.29, 1.82) is 0 Å². The molecule has 0 saturated heterocycles. The van der Waals surface area contributed by atoms with Gasteiger partial charge >= 0.3 is 0 Å². The molecule has 0 aliphatic carbocycles. The lowest BCUT2D eigenvalue weighted by Gasteiger charge is -2.05. The molecule has 0 atom stereocenters. The Balaban J connectivity index is 2.85. The Morgan fingerprint density at radius 2 is 2.07 bits per heavy atom. The Morgan fingerprint density at radius 1 is 1.40 bits per heavy atom. The Bertz CT molecular complexity index is 546. The lowest BCUT2D eigenvalue weighted by atomic mass is 10.1. The SMILES string of the molecule is CC(=O)c1ccc(Cl)c2c1S(=O)(=O)CC2. The van der Waals surface area contributed by atoms with Crippen molar-refractivity contribution in [2.24, 2.45) is 0 Å². The first-order valence-corrected chi connectivity index (χ1v) is 6.51. The second-order valence-corrected chi connectivity index (χ2v) is 5.98. The van der Waals surface area contributed by atoms with Crippen LogP contribution in [0.3, 0.4) is 0 Å². The summed E-state index contributed by atoms with van der Waals surface area (Å²) >= 11 is 5.90. The predicted molar refractivity (Wildman–Crippen MR) is 57.2 cm³/mol. The molecule has 0 saturated carbocycles. The lowest BCUT2D eigenvalue weighted by Crippen LogP contribution is -2.05. The summed E-state index contributed by atoms with van der Waals surface area (Å²) in [6, 6.07) is 3.06. The number of Topliss-reactive ketones (excluding diaryl/α,β-unsaturated/α-hetero) is 1. The van der Waals surface area contributed by atoms with E-state index in [2.05, 4.69) is 0 Å². The molecule has 0 amide bonds. The second-order valence-electron chi connectivity index (χ2n) is 3.53. The van der Waals surface area contributed by atoms with Gasteiger partial charge in [0.05, 0.1) is 10.6 Å². The summed E-state index contributed by atoms with van der Waals surface area (Å²) in [6.07, 6.45) is 0.400. The van der Waals surface area contributed by atoms with Gasteiger partial charge in [-0.25, -0.2) is 8.42 Å². The van der Waals surface area contributed by atoms with Gasteiger partial charge in [0.15, 0.2) is 15.6 Å². The molecular formula is C10H9ClO3S. The molecule has 0 radical (unpaired) electrons. The number of sulfone groups is 1. The van der Waals surface area contributed by atoms with Crippen LogP contribution in [0.25, 0.3) is 0 Å². The summed E-state index contributed by atoms with van der Waals surface area (Å²) in [7, 11) is -3.31. The molecule has 3 nitrogen and oxygen atoms in total. The van der Waals surface area contributed by atoms with Crippen LogP contribution in [-0.4, -0.2) is 20.0 Å². The maximum Gasteiger partial charge on any atom is 0.179 e. The number of halogens is 1. The molecule has 1 heterocycles. The molecule has 1 aromatic rings. The van der Waals surface area contributed by atoms with E-state index in [1.54, 1.807) is 6.07 Å². The van der Waals surface area contributed by atoms with Crippen molar-refractivity contribution in [2.45, 2.75) is 18.2 Å². The van der Waals surface area contributed by atoms with Gasteiger partial charge in [-0.2, -0.15) is 0 Å². The average Bonchev–Trinajstić information content (AvgIpc) is 2.44. The lowest BCUT2D eigenvalue weighted by molar-refractivity contribution is 0.101. The van der Waals surface area contributed by atoms with E-state index in [-0.39, 0.29) is 22.0 Å². The van der Waals surface area contributed by atoms with Crippen LogP contribution in [0.15, 0.2) is 17.0 Å². The molecule has 1 aliphatic heterocycles. The molecule has 0 fully saturated rings. The predicted octanol–water partition coefficient (Wildman–Crippen LogP) is 1.87. The van der Waals surface area contributed by atoms with E-state index < -0.39 is 9.84 Å². The van der Waals surface area contributed by atoms with Crippen LogP contribution in [0.2, 0.25) is 5.02 Å². The van der Waals surface area contributed by atoms with Gasteiger partial charge in [-0.3, -0.25) is 4.79 Å². The van der Waals surface area contributed by atoms with Gasteiger partial charge in [-0.05, 0) is 31.0 Å². The van der Waals surface area contributed by atoms with E-state index in [1.807, 2.05) is 0 Å². The van der Waals surface area contributed by atoms with E-state index in [1.165, 1.54) is 13.0 Å². The van der Waals surface area contributed by atoms with Gasteiger partial charge in [0.2, 0.25) is 0 Å². The Hall–Kier alpha value is -0.870. The third-order valence-corrected chi connectivity index (χ3v) is 4.70. The standard InChI is InChI=1S/C10H9ClO3S/c1-6(12)7-2-3-9(11)8-4-5-15(13,14)10(7)8/h2-3H,4-5H2,1H3. The van der Waals surface area contributed by atoms with Crippen molar-refractivity contribution in [3.63, 3.8) is 0 Å². The minimum Gasteiger partial charge on any atom is -0.294 e. The summed E-state index contributed by atoms with van der Waals surface area (Å²) in [4.78, 5) is 11.4. The minimum atomic E-state index is -3.31. The molecule has 80 valence electrons. The van der Waals surface area contributed by atoms with Crippen molar-refractivity contribution in [3.05, 3.63) is 28.3 Å². The zero-order chi connectivity index (χ0) is 11.2. The zero-order valence-corrected chi connectivity index (χ0v) is 9.65. The topological polar surface area (TPSA) is 51.2 Å². The van der Waals surface area contributed by atoms with Crippen LogP contribution >= 0.6 is 11.6 Å². The molecule has 0 unspecified atom stereocenters. The highest BCUT2D eigenvalue weighted by Gasteiger charge is 2.32. The largest absolute Gasteiger partial charge is 0.294 e. The maximum atomic E-state index is 11.7. The van der Waals surface area contributed by atoms with Crippen LogP contribution in [0.1, 0.15) is 22.8 Å². The summed E-state index contributed by atoms with van der Waals surface area (Å²) < 4.78 is 23.4. The number of fused-ring (bicyclic) bond motifs is 1. The van der Waals surface area contributed by atoms with Crippen molar-refractivity contribution in [1.82, 2.24) is 0 Å². The quantitative estimate of drug-likeness (QED) is 0.709. The van der Waals surface area contributed by atoms with Gasteiger partial charge in [-0.1, -0.05) is 11.6 Å². The average molecular weight is 245 g/mol. The fraction of sp³-hybridized carbons (Fsp3) is 0.300. The molecule has 0 bridgehead atoms. The second kappa shape index (κ2) is 3.32. The molecule has 15 heavy (non-hydrogen) atoms. The van der Waals surface area contributed by atoms with Crippen molar-refractivity contribution < 1.29 is 13.2 Å². The van der Waals surface area contributed by atoms with Crippen molar-refractivity contribution in [2.75, 3.05) is 5.75 Å². The van der Waals surface area contributed by atoms with Gasteiger partial charge in [-0.15, -0.1) is 0 Å². The van der Waals surface area contributed by atoms with Crippen LogP contribution < -0.4 is 0 Å². The van der Waals surface area contributed by atoms with E-state index in [4.69, 9.17) is 11.6 Å². The first-order chi connectivity index (χ1) is 6.93. The zero-order valence-electron chi connectivity index (χ0n) is 8.08. The van der Waals surface area contributed by atoms with E-state index in [9.17, 15) is 13.2 Å². The van der Waals surface area contributed by atoms with Crippen molar-refractivity contribution in [3.8, 4) is 0 Å². The summed E-state index contributed by atoms with van der Waals surface area (Å²) in [6.45, 7) is 1.36. The molecule has 0 N–H and O–H groups in total. The maximum absolute atomic E-state index is 11.7. The van der Waals surface area contributed by atoms with Crippen molar-refractivity contribution >= 4 is 27.2 Å². The third kappa shape index (κ3) is 1.58. The Kier molecular flexibility index (Phi) is 2.35. The smallest absolute Gasteiger partial charge is 0.179 e. The van der Waals surface area contributed by atoms with E-state index in [0.29, 0.717) is 17.0 Å². The van der Waals surface area contributed by atoms with Gasteiger partial charge in [0.1, 0.15) is 0 Å². The highest BCUT2D eigenvalue weighted by atomic mass is 35.5. The monoisotopic (exact) mass is 244 g/mol. The molecule has 1 aliphatic rings. The fourth-order valence-electron chi connectivity index (χ4n) is 1.81. The minimum absolute atomic E-state index is 0.0480. The normalized spacial score (nSPS) is 17.5. The van der Waals surface area contributed by atoms with E-state index >= 15 is 0 Å². The third-order valence-electron chi connectivity index (χ3n) is 2.51. The van der Waals surface area contributed by atoms with Crippen LogP contribution in [0.4, 0.5) is 0 Å². The van der Waals surface area contributed by atoms with Gasteiger partial charge < -0.3 is 0 Å². The Morgan fingerprint density at radius 3 is 2.67 bits per heavy atom. The number of rotatable bonds is 1. The van der Waals surface area contributed by atoms with Crippen LogP contribution in [-0.2, 0) is 16.3 Å².